The molecule has 0 saturated carbocycles. The maximum absolute atomic E-state index is 12.9. The van der Waals surface area contributed by atoms with Crippen LogP contribution in [0, 0.1) is 12.8 Å². The lowest BCUT2D eigenvalue weighted by Gasteiger charge is -2.31. The molecular weight excluding hydrogens is 414 g/mol. The van der Waals surface area contributed by atoms with Gasteiger partial charge in [0.05, 0.1) is 15.7 Å². The molecule has 2 aromatic rings. The Labute approximate surface area is 170 Å². The minimum atomic E-state index is -3.81. The summed E-state index contributed by atoms with van der Waals surface area (Å²) in [5.41, 5.74) is 1.38. The molecule has 0 spiro atoms. The fourth-order valence-electron chi connectivity index (χ4n) is 3.21. The van der Waals surface area contributed by atoms with Crippen LogP contribution in [0.2, 0.25) is 0 Å². The molecule has 0 aliphatic carbocycles. The molecule has 8 nitrogen and oxygen atoms in total. The zero-order chi connectivity index (χ0) is 21.2. The van der Waals surface area contributed by atoms with E-state index in [9.17, 15) is 21.6 Å². The highest BCUT2D eigenvalue weighted by molar-refractivity contribution is 7.89. The summed E-state index contributed by atoms with van der Waals surface area (Å²) in [4.78, 5) is 12.8. The van der Waals surface area contributed by atoms with Crippen molar-refractivity contribution in [1.82, 2.24) is 4.31 Å². The molecule has 156 valence electrons. The van der Waals surface area contributed by atoms with Crippen LogP contribution in [0.5, 0.6) is 0 Å². The summed E-state index contributed by atoms with van der Waals surface area (Å²) < 4.78 is 49.7. The molecule has 3 rings (SSSR count). The summed E-state index contributed by atoms with van der Waals surface area (Å²) in [6, 6.07) is 12.1. The Morgan fingerprint density at radius 2 is 1.59 bits per heavy atom. The number of anilines is 1. The SMILES string of the molecule is Cc1ccc(S(=O)(=O)N2CCC[C@H](C(=O)Nc3ccc(S(N)(=O)=O)cc3)C2)cc1. The van der Waals surface area contributed by atoms with Gasteiger partial charge in [0.2, 0.25) is 26.0 Å². The Morgan fingerprint density at radius 1 is 1.00 bits per heavy atom. The standard InChI is InChI=1S/C19H23N3O5S2/c1-14-4-8-18(9-5-14)29(26,27)22-12-2-3-15(13-22)19(23)21-16-6-10-17(11-7-16)28(20,24)25/h4-11,15H,2-3,12-13H2,1H3,(H,21,23)(H2,20,24,25)/t15-/m0/s1. The molecule has 1 aliphatic heterocycles. The highest BCUT2D eigenvalue weighted by Crippen LogP contribution is 2.25. The number of rotatable bonds is 5. The van der Waals surface area contributed by atoms with Crippen LogP contribution < -0.4 is 10.5 Å². The molecule has 3 N–H and O–H groups in total. The fourth-order valence-corrected chi connectivity index (χ4v) is 5.25. The van der Waals surface area contributed by atoms with Gasteiger partial charge >= 0.3 is 0 Å². The van der Waals surface area contributed by atoms with Crippen LogP contribution in [0.1, 0.15) is 18.4 Å². The zero-order valence-corrected chi connectivity index (χ0v) is 17.5. The van der Waals surface area contributed by atoms with Gasteiger partial charge in [0.15, 0.2) is 0 Å². The van der Waals surface area contributed by atoms with Gasteiger partial charge in [-0.05, 0) is 56.2 Å². The van der Waals surface area contributed by atoms with Gasteiger partial charge in [-0.25, -0.2) is 22.0 Å². The van der Waals surface area contributed by atoms with Crippen molar-refractivity contribution < 1.29 is 21.6 Å². The van der Waals surface area contributed by atoms with E-state index in [4.69, 9.17) is 5.14 Å². The van der Waals surface area contributed by atoms with Crippen molar-refractivity contribution in [3.63, 3.8) is 0 Å². The molecule has 0 unspecified atom stereocenters. The largest absolute Gasteiger partial charge is 0.326 e. The summed E-state index contributed by atoms with van der Waals surface area (Å²) in [5, 5.41) is 7.77. The average molecular weight is 438 g/mol. The van der Waals surface area contributed by atoms with Gasteiger partial charge in [-0.1, -0.05) is 17.7 Å². The monoisotopic (exact) mass is 437 g/mol. The molecule has 1 saturated heterocycles. The van der Waals surface area contributed by atoms with Crippen LogP contribution in [-0.4, -0.2) is 40.1 Å². The predicted molar refractivity (Wildman–Crippen MR) is 109 cm³/mol. The van der Waals surface area contributed by atoms with Crippen LogP contribution in [0.25, 0.3) is 0 Å². The lowest BCUT2D eigenvalue weighted by molar-refractivity contribution is -0.120. The zero-order valence-electron chi connectivity index (χ0n) is 15.9. The second-order valence-corrected chi connectivity index (χ2v) is 10.6. The number of benzene rings is 2. The molecule has 0 radical (unpaired) electrons. The molecule has 29 heavy (non-hydrogen) atoms. The van der Waals surface area contributed by atoms with Crippen molar-refractivity contribution in [1.29, 1.82) is 0 Å². The number of amides is 1. The number of carbonyl (C=O) groups excluding carboxylic acids is 1. The number of hydrogen-bond acceptors (Lipinski definition) is 5. The number of nitrogens with two attached hydrogens (primary N) is 1. The number of nitrogens with one attached hydrogen (secondary N) is 1. The third-order valence-corrected chi connectivity index (χ3v) is 7.67. The fraction of sp³-hybridized carbons (Fsp3) is 0.316. The van der Waals surface area contributed by atoms with Gasteiger partial charge in [0.25, 0.3) is 0 Å². The van der Waals surface area contributed by atoms with E-state index in [1.165, 1.54) is 28.6 Å². The highest BCUT2D eigenvalue weighted by Gasteiger charge is 2.33. The van der Waals surface area contributed by atoms with Crippen molar-refractivity contribution in [2.45, 2.75) is 29.6 Å². The number of carbonyl (C=O) groups is 1. The summed E-state index contributed by atoms with van der Waals surface area (Å²) in [6.07, 6.45) is 1.15. The van der Waals surface area contributed by atoms with Crippen molar-refractivity contribution >= 4 is 31.6 Å². The van der Waals surface area contributed by atoms with Crippen molar-refractivity contribution in [2.75, 3.05) is 18.4 Å². The van der Waals surface area contributed by atoms with E-state index in [-0.39, 0.29) is 22.2 Å². The number of hydrogen-bond donors (Lipinski definition) is 2. The molecule has 1 aliphatic rings. The normalized spacial score (nSPS) is 18.3. The quantitative estimate of drug-likeness (QED) is 0.736. The van der Waals surface area contributed by atoms with Crippen LogP contribution in [0.15, 0.2) is 58.3 Å². The van der Waals surface area contributed by atoms with Crippen molar-refractivity contribution in [2.24, 2.45) is 11.1 Å². The van der Waals surface area contributed by atoms with Crippen LogP contribution >= 0.6 is 0 Å². The first-order chi connectivity index (χ1) is 13.6. The Hall–Kier alpha value is -2.27. The first-order valence-corrected chi connectivity index (χ1v) is 12.1. The van der Waals surface area contributed by atoms with Crippen molar-refractivity contribution in [3.05, 3.63) is 54.1 Å². The summed E-state index contributed by atoms with van der Waals surface area (Å²) in [5.74, 6) is -0.806. The van der Waals surface area contributed by atoms with E-state index >= 15 is 0 Å². The first kappa shape index (κ1) is 21.4. The van der Waals surface area contributed by atoms with Crippen molar-refractivity contribution in [3.8, 4) is 0 Å². The second kappa shape index (κ2) is 8.23. The molecular formula is C19H23N3O5S2. The number of aryl methyl sites for hydroxylation is 1. The Kier molecular flexibility index (Phi) is 6.08. The summed E-state index contributed by atoms with van der Waals surface area (Å²) in [7, 11) is -7.47. The molecule has 10 heteroatoms. The molecule has 1 heterocycles. The number of primary sulfonamides is 1. The predicted octanol–water partition coefficient (Wildman–Crippen LogP) is 1.68. The van der Waals surface area contributed by atoms with E-state index < -0.39 is 26.0 Å². The van der Waals surface area contributed by atoms with E-state index in [0.717, 1.165) is 5.56 Å². The Morgan fingerprint density at radius 3 is 2.17 bits per heavy atom. The Balaban J connectivity index is 1.70. The molecule has 1 amide bonds. The van der Waals surface area contributed by atoms with E-state index in [0.29, 0.717) is 25.1 Å². The summed E-state index contributed by atoms with van der Waals surface area (Å²) >= 11 is 0. The molecule has 2 aromatic carbocycles. The topological polar surface area (TPSA) is 127 Å². The average Bonchev–Trinajstić information content (AvgIpc) is 2.68. The molecule has 0 aromatic heterocycles. The minimum Gasteiger partial charge on any atom is -0.326 e. The Bertz CT molecular complexity index is 1100. The van der Waals surface area contributed by atoms with E-state index in [1.54, 1.807) is 24.3 Å². The molecule has 0 bridgehead atoms. The van der Waals surface area contributed by atoms with Gasteiger partial charge in [-0.3, -0.25) is 4.79 Å². The van der Waals surface area contributed by atoms with Crippen LogP contribution in [0.3, 0.4) is 0 Å². The minimum absolute atomic E-state index is 0.0523. The maximum atomic E-state index is 12.9. The second-order valence-electron chi connectivity index (χ2n) is 7.07. The number of nitrogens with zero attached hydrogens (tertiary/aromatic N) is 1. The smallest absolute Gasteiger partial charge is 0.243 e. The first-order valence-electron chi connectivity index (χ1n) is 9.08. The lowest BCUT2D eigenvalue weighted by atomic mass is 9.99. The lowest BCUT2D eigenvalue weighted by Crippen LogP contribution is -2.43. The van der Waals surface area contributed by atoms with Crippen LogP contribution in [0.4, 0.5) is 5.69 Å². The highest BCUT2D eigenvalue weighted by atomic mass is 32.2. The molecule has 1 fully saturated rings. The van der Waals surface area contributed by atoms with E-state index in [1.807, 2.05) is 6.92 Å². The van der Waals surface area contributed by atoms with Gasteiger partial charge < -0.3 is 5.32 Å². The van der Waals surface area contributed by atoms with Gasteiger partial charge in [0.1, 0.15) is 0 Å². The number of sulfonamides is 2. The summed E-state index contributed by atoms with van der Waals surface area (Å²) in [6.45, 7) is 2.34. The van der Waals surface area contributed by atoms with Gasteiger partial charge in [-0.15, -0.1) is 0 Å². The maximum Gasteiger partial charge on any atom is 0.243 e. The van der Waals surface area contributed by atoms with Gasteiger partial charge in [0, 0.05) is 18.8 Å². The third kappa shape index (κ3) is 5.02. The van der Waals surface area contributed by atoms with Gasteiger partial charge in [-0.2, -0.15) is 4.31 Å². The van der Waals surface area contributed by atoms with Crippen LogP contribution in [-0.2, 0) is 24.8 Å². The number of piperidine rings is 1. The molecule has 1 atom stereocenters. The third-order valence-electron chi connectivity index (χ3n) is 4.86. The van der Waals surface area contributed by atoms with E-state index in [2.05, 4.69) is 5.32 Å².